The number of aryl methyl sites for hydroxylation is 1. The molecule has 7 heteroatoms. The van der Waals surface area contributed by atoms with Crippen LogP contribution in [0.2, 0.25) is 0 Å². The number of hydrogen-bond acceptors (Lipinski definition) is 6. The summed E-state index contributed by atoms with van der Waals surface area (Å²) in [5.74, 6) is 0.00167. The number of amides is 1. The summed E-state index contributed by atoms with van der Waals surface area (Å²) in [5.41, 5.74) is 4.92. The molecule has 0 spiro atoms. The van der Waals surface area contributed by atoms with E-state index in [4.69, 9.17) is 9.47 Å². The minimum atomic E-state index is -0.713. The van der Waals surface area contributed by atoms with Crippen LogP contribution in [0.25, 0.3) is 0 Å². The van der Waals surface area contributed by atoms with Gasteiger partial charge in [0.1, 0.15) is 11.8 Å². The van der Waals surface area contributed by atoms with Gasteiger partial charge in [0, 0.05) is 41.0 Å². The molecule has 0 aliphatic rings. The van der Waals surface area contributed by atoms with Gasteiger partial charge in [0.25, 0.3) is 5.91 Å². The molecule has 4 aromatic carbocycles. The maximum Gasteiger partial charge on any atom is 0.328 e. The summed E-state index contributed by atoms with van der Waals surface area (Å²) < 4.78 is 11.0. The van der Waals surface area contributed by atoms with E-state index < -0.39 is 12.0 Å². The van der Waals surface area contributed by atoms with Crippen molar-refractivity contribution in [1.82, 2.24) is 0 Å². The molecular formula is C37H38N2O5. The monoisotopic (exact) mass is 590 g/mol. The molecule has 0 saturated heterocycles. The summed E-state index contributed by atoms with van der Waals surface area (Å²) in [7, 11) is 1.35. The van der Waals surface area contributed by atoms with Gasteiger partial charge in [-0.1, -0.05) is 78.9 Å². The van der Waals surface area contributed by atoms with Crippen molar-refractivity contribution in [2.45, 2.75) is 32.7 Å². The average Bonchev–Trinajstić information content (AvgIpc) is 3.05. The summed E-state index contributed by atoms with van der Waals surface area (Å²) in [4.78, 5) is 40.4. The quantitative estimate of drug-likeness (QED) is 0.0753. The maximum atomic E-state index is 13.2. The van der Waals surface area contributed by atoms with E-state index >= 15 is 0 Å². The smallest absolute Gasteiger partial charge is 0.328 e. The molecule has 4 aromatic rings. The predicted octanol–water partition coefficient (Wildman–Crippen LogP) is 6.80. The first kappa shape index (κ1) is 31.8. The van der Waals surface area contributed by atoms with Crippen LogP contribution in [0.5, 0.6) is 5.75 Å². The van der Waals surface area contributed by atoms with Gasteiger partial charge in [-0.25, -0.2) is 4.79 Å². The second kappa shape index (κ2) is 15.3. The van der Waals surface area contributed by atoms with Gasteiger partial charge < -0.3 is 19.7 Å². The SMILES string of the molecule is C=C(C)C(=O)N(CCCOc1ccc(CC(Nc2ccccc2C(=O)c2ccccc2)C(=O)OC)cc1)c1ccc(C)cc1. The molecule has 7 nitrogen and oxygen atoms in total. The predicted molar refractivity (Wildman–Crippen MR) is 174 cm³/mol. The summed E-state index contributed by atoms with van der Waals surface area (Å²) >= 11 is 0. The molecule has 1 atom stereocenters. The summed E-state index contributed by atoms with van der Waals surface area (Å²) in [6.07, 6.45) is 0.972. The lowest BCUT2D eigenvalue weighted by atomic mass is 10.00. The van der Waals surface area contributed by atoms with Crippen LogP contribution in [0.1, 0.15) is 40.4 Å². The number of anilines is 2. The van der Waals surface area contributed by atoms with E-state index in [1.54, 1.807) is 42.2 Å². The number of rotatable bonds is 14. The topological polar surface area (TPSA) is 84.9 Å². The van der Waals surface area contributed by atoms with Crippen molar-refractivity contribution in [3.05, 3.63) is 138 Å². The van der Waals surface area contributed by atoms with E-state index in [1.807, 2.05) is 79.7 Å². The Morgan fingerprint density at radius 2 is 1.52 bits per heavy atom. The fourth-order valence-corrected chi connectivity index (χ4v) is 4.75. The van der Waals surface area contributed by atoms with E-state index in [2.05, 4.69) is 11.9 Å². The second-order valence-electron chi connectivity index (χ2n) is 10.6. The largest absolute Gasteiger partial charge is 0.494 e. The molecule has 1 unspecified atom stereocenters. The Bertz CT molecular complexity index is 1580. The number of benzene rings is 4. The Labute approximate surface area is 259 Å². The van der Waals surface area contributed by atoms with Crippen LogP contribution in [0.15, 0.2) is 115 Å². The number of esters is 1. The Kier molecular flexibility index (Phi) is 11.1. The molecular weight excluding hydrogens is 552 g/mol. The first-order valence-electron chi connectivity index (χ1n) is 14.6. The van der Waals surface area contributed by atoms with E-state index in [1.165, 1.54) is 7.11 Å². The Balaban J connectivity index is 1.37. The maximum absolute atomic E-state index is 13.2. The highest BCUT2D eigenvalue weighted by atomic mass is 16.5. The molecule has 0 saturated carbocycles. The van der Waals surface area contributed by atoms with Gasteiger partial charge in [-0.15, -0.1) is 0 Å². The van der Waals surface area contributed by atoms with E-state index in [9.17, 15) is 14.4 Å². The third-order valence-electron chi connectivity index (χ3n) is 7.14. The van der Waals surface area contributed by atoms with Gasteiger partial charge in [-0.3, -0.25) is 9.59 Å². The van der Waals surface area contributed by atoms with Crippen molar-refractivity contribution >= 4 is 29.0 Å². The molecule has 0 fully saturated rings. The molecule has 44 heavy (non-hydrogen) atoms. The second-order valence-corrected chi connectivity index (χ2v) is 10.6. The average molecular weight is 591 g/mol. The van der Waals surface area contributed by atoms with E-state index in [0.29, 0.717) is 54.1 Å². The molecule has 1 N–H and O–H groups in total. The van der Waals surface area contributed by atoms with Crippen LogP contribution in [0, 0.1) is 6.92 Å². The molecule has 0 aliphatic carbocycles. The third-order valence-corrected chi connectivity index (χ3v) is 7.14. The number of hydrogen-bond donors (Lipinski definition) is 1. The Morgan fingerprint density at radius 1 is 0.864 bits per heavy atom. The van der Waals surface area contributed by atoms with Crippen LogP contribution in [-0.2, 0) is 20.7 Å². The van der Waals surface area contributed by atoms with Gasteiger partial charge in [-0.05, 0) is 62.2 Å². The first-order valence-corrected chi connectivity index (χ1v) is 14.6. The Morgan fingerprint density at radius 3 is 2.18 bits per heavy atom. The molecule has 0 heterocycles. The van der Waals surface area contributed by atoms with E-state index in [-0.39, 0.29) is 11.7 Å². The highest BCUT2D eigenvalue weighted by molar-refractivity contribution is 6.12. The van der Waals surface area contributed by atoms with Crippen molar-refractivity contribution in [1.29, 1.82) is 0 Å². The number of para-hydroxylation sites is 1. The first-order chi connectivity index (χ1) is 21.3. The standard InChI is InChI=1S/C37H38N2O5/c1-26(2)36(41)39(30-19-15-27(3)16-20-30)23-10-24-44-31-21-17-28(18-22-31)25-34(37(42)43-4)38-33-14-9-8-13-32(33)35(40)29-11-6-5-7-12-29/h5-9,11-22,34,38H,1,10,23-25H2,2-4H3. The lowest BCUT2D eigenvalue weighted by Crippen LogP contribution is -2.33. The molecule has 4 rings (SSSR count). The molecule has 0 aromatic heterocycles. The van der Waals surface area contributed by atoms with Crippen molar-refractivity contribution in [3.63, 3.8) is 0 Å². The van der Waals surface area contributed by atoms with Gasteiger partial charge in [0.05, 0.1) is 13.7 Å². The zero-order valence-corrected chi connectivity index (χ0v) is 25.4. The zero-order chi connectivity index (χ0) is 31.5. The van der Waals surface area contributed by atoms with Crippen LogP contribution < -0.4 is 15.0 Å². The minimum absolute atomic E-state index is 0.112. The fraction of sp³-hybridized carbons (Fsp3) is 0.216. The van der Waals surface area contributed by atoms with Crippen LogP contribution in [0.3, 0.4) is 0 Å². The van der Waals surface area contributed by atoms with Crippen molar-refractivity contribution in [3.8, 4) is 5.75 Å². The molecule has 0 radical (unpaired) electrons. The number of methoxy groups -OCH3 is 1. The highest BCUT2D eigenvalue weighted by Gasteiger charge is 2.23. The van der Waals surface area contributed by atoms with Crippen molar-refractivity contribution < 1.29 is 23.9 Å². The number of carbonyl (C=O) groups is 3. The summed E-state index contributed by atoms with van der Waals surface area (Å²) in [6.45, 7) is 8.45. The van der Waals surface area contributed by atoms with Crippen molar-refractivity contribution in [2.75, 3.05) is 30.5 Å². The van der Waals surface area contributed by atoms with Gasteiger partial charge >= 0.3 is 5.97 Å². The fourth-order valence-electron chi connectivity index (χ4n) is 4.75. The van der Waals surface area contributed by atoms with Gasteiger partial charge in [0.15, 0.2) is 5.78 Å². The highest BCUT2D eigenvalue weighted by Crippen LogP contribution is 2.23. The molecule has 0 aliphatic heterocycles. The van der Waals surface area contributed by atoms with Gasteiger partial charge in [-0.2, -0.15) is 0 Å². The summed E-state index contributed by atoms with van der Waals surface area (Å²) in [6, 6.07) is 30.8. The number of nitrogens with zero attached hydrogens (tertiary/aromatic N) is 1. The minimum Gasteiger partial charge on any atom is -0.494 e. The normalized spacial score (nSPS) is 11.2. The number of carbonyl (C=O) groups excluding carboxylic acids is 3. The van der Waals surface area contributed by atoms with Crippen LogP contribution in [-0.4, -0.2) is 44.0 Å². The third kappa shape index (κ3) is 8.44. The molecule has 226 valence electrons. The van der Waals surface area contributed by atoms with Gasteiger partial charge in [0.2, 0.25) is 0 Å². The Hall–Kier alpha value is -5.17. The van der Waals surface area contributed by atoms with Crippen LogP contribution >= 0.6 is 0 Å². The lowest BCUT2D eigenvalue weighted by molar-refractivity contribution is -0.141. The number of nitrogens with one attached hydrogen (secondary N) is 1. The molecule has 0 bridgehead atoms. The van der Waals surface area contributed by atoms with Crippen molar-refractivity contribution in [2.24, 2.45) is 0 Å². The number of ether oxygens (including phenoxy) is 2. The van der Waals surface area contributed by atoms with E-state index in [0.717, 1.165) is 16.8 Å². The summed E-state index contributed by atoms with van der Waals surface area (Å²) in [5, 5.41) is 3.23. The molecule has 1 amide bonds. The lowest BCUT2D eigenvalue weighted by Gasteiger charge is -2.23. The van der Waals surface area contributed by atoms with Crippen LogP contribution in [0.4, 0.5) is 11.4 Å². The zero-order valence-electron chi connectivity index (χ0n) is 25.4. The number of ketones is 1.